The molecular formula is C11H22N2O3. The van der Waals surface area contributed by atoms with Gasteiger partial charge in [-0.15, -0.1) is 0 Å². The smallest absolute Gasteiger partial charge is 0.404 e. The molecule has 0 radical (unpaired) electrons. The zero-order chi connectivity index (χ0) is 11.9. The molecule has 0 heterocycles. The Balaban J connectivity index is 2.15. The van der Waals surface area contributed by atoms with Crippen molar-refractivity contribution in [1.82, 2.24) is 5.32 Å². The highest BCUT2D eigenvalue weighted by atomic mass is 16.5. The van der Waals surface area contributed by atoms with E-state index in [0.717, 1.165) is 19.4 Å². The molecule has 1 aliphatic carbocycles. The number of carbonyl (C=O) groups excluding carboxylic acids is 1. The zero-order valence-corrected chi connectivity index (χ0v) is 9.71. The van der Waals surface area contributed by atoms with Gasteiger partial charge in [0.2, 0.25) is 0 Å². The third-order valence-corrected chi connectivity index (χ3v) is 3.27. The number of nitrogens with one attached hydrogen (secondary N) is 1. The summed E-state index contributed by atoms with van der Waals surface area (Å²) >= 11 is 0. The number of amides is 1. The van der Waals surface area contributed by atoms with Gasteiger partial charge >= 0.3 is 6.09 Å². The number of hydrogen-bond donors (Lipinski definition) is 3. The van der Waals surface area contributed by atoms with Crippen molar-refractivity contribution in [3.05, 3.63) is 0 Å². The lowest BCUT2D eigenvalue weighted by atomic mass is 9.74. The Labute approximate surface area is 96.3 Å². The van der Waals surface area contributed by atoms with Gasteiger partial charge in [-0.3, -0.25) is 0 Å². The average molecular weight is 230 g/mol. The van der Waals surface area contributed by atoms with Crippen LogP contribution in [0.4, 0.5) is 4.79 Å². The molecule has 0 bridgehead atoms. The Morgan fingerprint density at radius 3 is 2.62 bits per heavy atom. The Hall–Kier alpha value is -0.810. The first-order valence-corrected chi connectivity index (χ1v) is 5.92. The lowest BCUT2D eigenvalue weighted by molar-refractivity contribution is 0.0792. The molecule has 0 aromatic rings. The van der Waals surface area contributed by atoms with Crippen LogP contribution >= 0.6 is 0 Å². The molecule has 0 unspecified atom stereocenters. The largest absolute Gasteiger partial charge is 0.448 e. The summed E-state index contributed by atoms with van der Waals surface area (Å²) in [6, 6.07) is 0. The van der Waals surface area contributed by atoms with Crippen molar-refractivity contribution in [3.8, 4) is 0 Å². The number of primary amides is 1. The van der Waals surface area contributed by atoms with E-state index in [4.69, 9.17) is 5.73 Å². The first-order valence-electron chi connectivity index (χ1n) is 5.92. The normalized spacial score (nSPS) is 19.3. The van der Waals surface area contributed by atoms with Crippen molar-refractivity contribution in [2.75, 3.05) is 26.3 Å². The van der Waals surface area contributed by atoms with Gasteiger partial charge in [-0.05, 0) is 12.8 Å². The molecule has 1 fully saturated rings. The van der Waals surface area contributed by atoms with Crippen LogP contribution in [0.5, 0.6) is 0 Å². The topological polar surface area (TPSA) is 84.6 Å². The van der Waals surface area contributed by atoms with E-state index in [2.05, 4.69) is 10.1 Å². The van der Waals surface area contributed by atoms with Gasteiger partial charge in [0.1, 0.15) is 6.61 Å². The van der Waals surface area contributed by atoms with Crippen LogP contribution in [0.15, 0.2) is 0 Å². The molecule has 0 aromatic carbocycles. The molecule has 1 rings (SSSR count). The fourth-order valence-corrected chi connectivity index (χ4v) is 2.27. The van der Waals surface area contributed by atoms with E-state index in [1.165, 1.54) is 19.3 Å². The maximum atomic E-state index is 10.3. The van der Waals surface area contributed by atoms with Crippen LogP contribution < -0.4 is 11.1 Å². The monoisotopic (exact) mass is 230 g/mol. The lowest BCUT2D eigenvalue weighted by Gasteiger charge is -2.35. The van der Waals surface area contributed by atoms with Crippen molar-refractivity contribution in [3.63, 3.8) is 0 Å². The Bertz CT molecular complexity index is 215. The average Bonchev–Trinajstić information content (AvgIpc) is 2.29. The van der Waals surface area contributed by atoms with E-state index in [1.807, 2.05) is 0 Å². The van der Waals surface area contributed by atoms with Gasteiger partial charge < -0.3 is 20.9 Å². The summed E-state index contributed by atoms with van der Waals surface area (Å²) in [5, 5.41) is 12.7. The fraction of sp³-hybridized carbons (Fsp3) is 0.909. The predicted molar refractivity (Wildman–Crippen MR) is 61.0 cm³/mol. The van der Waals surface area contributed by atoms with Crippen molar-refractivity contribution < 1.29 is 14.6 Å². The molecule has 4 N–H and O–H groups in total. The molecular weight excluding hydrogens is 208 g/mol. The quantitative estimate of drug-likeness (QED) is 0.584. The molecule has 0 spiro atoms. The maximum absolute atomic E-state index is 10.3. The second-order valence-corrected chi connectivity index (χ2v) is 4.56. The summed E-state index contributed by atoms with van der Waals surface area (Å²) in [7, 11) is 0. The van der Waals surface area contributed by atoms with Crippen molar-refractivity contribution in [2.24, 2.45) is 11.1 Å². The Kier molecular flexibility index (Phi) is 5.55. The van der Waals surface area contributed by atoms with Gasteiger partial charge in [0.25, 0.3) is 0 Å². The van der Waals surface area contributed by atoms with Crippen molar-refractivity contribution in [2.45, 2.75) is 32.1 Å². The standard InChI is InChI=1S/C11H22N2O3/c12-10(15)16-7-6-13-8-11(9-14)4-2-1-3-5-11/h13-14H,1-9H2,(H2,12,15). The Morgan fingerprint density at radius 2 is 2.06 bits per heavy atom. The van der Waals surface area contributed by atoms with Gasteiger partial charge in [-0.2, -0.15) is 0 Å². The van der Waals surface area contributed by atoms with Gasteiger partial charge in [-0.1, -0.05) is 19.3 Å². The van der Waals surface area contributed by atoms with Gasteiger partial charge in [0.15, 0.2) is 0 Å². The lowest BCUT2D eigenvalue weighted by Crippen LogP contribution is -2.40. The van der Waals surface area contributed by atoms with Crippen LogP contribution in [-0.2, 0) is 4.74 Å². The molecule has 16 heavy (non-hydrogen) atoms. The number of carbonyl (C=O) groups is 1. The number of aliphatic hydroxyl groups is 1. The minimum absolute atomic E-state index is 0.0327. The highest BCUT2D eigenvalue weighted by molar-refractivity contribution is 5.64. The van der Waals surface area contributed by atoms with Gasteiger partial charge in [0.05, 0.1) is 0 Å². The van der Waals surface area contributed by atoms with E-state index in [1.54, 1.807) is 0 Å². The van der Waals surface area contributed by atoms with Crippen LogP contribution in [0.3, 0.4) is 0 Å². The van der Waals surface area contributed by atoms with Crippen molar-refractivity contribution >= 4 is 6.09 Å². The van der Waals surface area contributed by atoms with Crippen LogP contribution in [0.2, 0.25) is 0 Å². The highest BCUT2D eigenvalue weighted by Gasteiger charge is 2.30. The zero-order valence-electron chi connectivity index (χ0n) is 9.71. The Morgan fingerprint density at radius 1 is 1.38 bits per heavy atom. The molecule has 0 aromatic heterocycles. The second-order valence-electron chi connectivity index (χ2n) is 4.56. The van der Waals surface area contributed by atoms with E-state index < -0.39 is 6.09 Å². The molecule has 1 amide bonds. The molecule has 1 saturated carbocycles. The number of aliphatic hydroxyl groups excluding tert-OH is 1. The molecule has 1 aliphatic rings. The van der Waals surface area contributed by atoms with E-state index in [9.17, 15) is 9.90 Å². The maximum Gasteiger partial charge on any atom is 0.404 e. The van der Waals surface area contributed by atoms with E-state index in [-0.39, 0.29) is 18.6 Å². The van der Waals surface area contributed by atoms with Gasteiger partial charge in [0, 0.05) is 25.1 Å². The predicted octanol–water partition coefficient (Wildman–Crippen LogP) is 0.614. The summed E-state index contributed by atoms with van der Waals surface area (Å²) in [4.78, 5) is 10.3. The number of ether oxygens (including phenoxy) is 1. The first kappa shape index (κ1) is 13.3. The summed E-state index contributed by atoms with van der Waals surface area (Å²) < 4.78 is 4.61. The number of rotatable bonds is 6. The minimum Gasteiger partial charge on any atom is -0.448 e. The van der Waals surface area contributed by atoms with Crippen LogP contribution in [0.1, 0.15) is 32.1 Å². The third kappa shape index (κ3) is 4.37. The van der Waals surface area contributed by atoms with E-state index in [0.29, 0.717) is 6.54 Å². The summed E-state index contributed by atoms with van der Waals surface area (Å²) in [6.45, 7) is 1.89. The number of hydrogen-bond acceptors (Lipinski definition) is 4. The summed E-state index contributed by atoms with van der Waals surface area (Å²) in [6.07, 6.45) is 5.07. The molecule has 5 heteroatoms. The number of nitrogens with two attached hydrogens (primary N) is 1. The molecule has 5 nitrogen and oxygen atoms in total. The van der Waals surface area contributed by atoms with Crippen LogP contribution in [-0.4, -0.2) is 37.5 Å². The minimum atomic E-state index is -0.740. The molecule has 0 aliphatic heterocycles. The highest BCUT2D eigenvalue weighted by Crippen LogP contribution is 2.34. The first-order chi connectivity index (χ1) is 7.68. The van der Waals surface area contributed by atoms with Gasteiger partial charge in [-0.25, -0.2) is 4.79 Å². The summed E-state index contributed by atoms with van der Waals surface area (Å²) in [5.74, 6) is 0. The molecule has 94 valence electrons. The second kappa shape index (κ2) is 6.70. The fourth-order valence-electron chi connectivity index (χ4n) is 2.27. The van der Waals surface area contributed by atoms with Crippen LogP contribution in [0.25, 0.3) is 0 Å². The summed E-state index contributed by atoms with van der Waals surface area (Å²) in [5.41, 5.74) is 4.87. The molecule has 0 saturated heterocycles. The third-order valence-electron chi connectivity index (χ3n) is 3.27. The van der Waals surface area contributed by atoms with Crippen LogP contribution in [0, 0.1) is 5.41 Å². The van der Waals surface area contributed by atoms with Crippen molar-refractivity contribution in [1.29, 1.82) is 0 Å². The SMILES string of the molecule is NC(=O)OCCNCC1(CO)CCCCC1. The molecule has 0 atom stereocenters. The van der Waals surface area contributed by atoms with E-state index >= 15 is 0 Å².